The summed E-state index contributed by atoms with van der Waals surface area (Å²) in [6, 6.07) is 6.08. The highest BCUT2D eigenvalue weighted by atomic mass is 32.2. The molecule has 0 radical (unpaired) electrons. The molecule has 1 aliphatic rings. The molecule has 2 aromatic rings. The number of carboxylic acids is 1. The van der Waals surface area contributed by atoms with Crippen LogP contribution in [0.15, 0.2) is 29.6 Å². The Morgan fingerprint density at radius 3 is 2.67 bits per heavy atom. The van der Waals surface area contributed by atoms with Gasteiger partial charge in [0.1, 0.15) is 12.2 Å². The highest BCUT2D eigenvalue weighted by molar-refractivity contribution is 7.99. The average molecular weight is 603 g/mol. The zero-order valence-electron chi connectivity index (χ0n) is 21.6. The second-order valence-electron chi connectivity index (χ2n) is 8.95. The summed E-state index contributed by atoms with van der Waals surface area (Å²) in [5.74, 6) is -3.21. The number of amides is 2. The Morgan fingerprint density at radius 1 is 1.26 bits per heavy atom. The molecule has 0 saturated carbocycles. The maximum absolute atomic E-state index is 12.7. The first-order chi connectivity index (χ1) is 18.6. The van der Waals surface area contributed by atoms with Crippen molar-refractivity contribution >= 4 is 52.2 Å². The molecule has 11 nitrogen and oxygen atoms in total. The normalized spacial score (nSPS) is 24.6. The topological polar surface area (TPSA) is 175 Å². The van der Waals surface area contributed by atoms with Crippen molar-refractivity contribution in [2.75, 3.05) is 24.7 Å². The number of carbonyl (C=O) groups is 3. The number of aliphatic hydroxyl groups is 3. The van der Waals surface area contributed by atoms with Crippen LogP contribution in [0.4, 0.5) is 0 Å². The molecule has 14 heteroatoms. The van der Waals surface area contributed by atoms with E-state index in [1.54, 1.807) is 29.2 Å². The molecule has 3 heterocycles. The van der Waals surface area contributed by atoms with E-state index in [1.807, 2.05) is 30.5 Å². The van der Waals surface area contributed by atoms with Gasteiger partial charge in [-0.3, -0.25) is 9.59 Å². The van der Waals surface area contributed by atoms with Gasteiger partial charge in [0.05, 0.1) is 29.7 Å². The summed E-state index contributed by atoms with van der Waals surface area (Å²) in [6.07, 6.45) is -6.41. The molecule has 216 valence electrons. The molecule has 1 saturated heterocycles. The first kappa shape index (κ1) is 31.5. The number of hydrogen-bond acceptors (Lipinski definition) is 11. The molecule has 39 heavy (non-hydrogen) atoms. The summed E-state index contributed by atoms with van der Waals surface area (Å²) in [4.78, 5) is 39.0. The smallest absolute Gasteiger partial charge is 0.364 e. The van der Waals surface area contributed by atoms with E-state index in [0.29, 0.717) is 11.3 Å². The molecule has 1 fully saturated rings. The Bertz CT molecular complexity index is 1100. The number of nitrogens with one attached hydrogen (secondary N) is 2. The number of aliphatic carboxylic acids is 1. The van der Waals surface area contributed by atoms with Crippen LogP contribution in [0, 0.1) is 0 Å². The van der Waals surface area contributed by atoms with Crippen LogP contribution >= 0.6 is 34.4 Å². The lowest BCUT2D eigenvalue weighted by Crippen LogP contribution is -2.68. The number of thiophene rings is 2. The molecular formula is C25H34N2O9S3. The number of thioether (sulfide) groups is 1. The van der Waals surface area contributed by atoms with Crippen LogP contribution in [0.5, 0.6) is 0 Å². The lowest BCUT2D eigenvalue weighted by atomic mass is 9.88. The van der Waals surface area contributed by atoms with Crippen molar-refractivity contribution < 1.29 is 44.3 Å². The van der Waals surface area contributed by atoms with Crippen LogP contribution in [0.3, 0.4) is 0 Å². The summed E-state index contributed by atoms with van der Waals surface area (Å²) >= 11 is 4.47. The Labute approximate surface area is 238 Å². The number of aliphatic hydroxyl groups excluding tert-OH is 3. The number of ether oxygens (including phenoxy) is 2. The van der Waals surface area contributed by atoms with E-state index in [9.17, 15) is 34.8 Å². The maximum atomic E-state index is 12.7. The third-order valence-electron chi connectivity index (χ3n) is 6.04. The van der Waals surface area contributed by atoms with Crippen molar-refractivity contribution in [1.82, 2.24) is 10.6 Å². The number of carboxylic acid groups (broad SMARTS) is 1. The van der Waals surface area contributed by atoms with Gasteiger partial charge >= 0.3 is 5.97 Å². The number of hydrogen-bond donors (Lipinski definition) is 6. The second kappa shape index (κ2) is 14.6. The molecule has 6 N–H and O–H groups in total. The summed E-state index contributed by atoms with van der Waals surface area (Å²) in [7, 11) is 0. The molecule has 3 rings (SSSR count). The fraction of sp³-hybridized carbons (Fsp3) is 0.560. The summed E-state index contributed by atoms with van der Waals surface area (Å²) in [5.41, 5.74) is 0. The van der Waals surface area contributed by atoms with E-state index in [1.165, 1.54) is 18.3 Å². The molecule has 0 spiro atoms. The summed E-state index contributed by atoms with van der Waals surface area (Å²) in [6.45, 7) is 2.81. The predicted octanol–water partition coefficient (Wildman–Crippen LogP) is 1.52. The van der Waals surface area contributed by atoms with Crippen LogP contribution in [-0.2, 0) is 19.1 Å². The van der Waals surface area contributed by atoms with Crippen LogP contribution in [-0.4, -0.2) is 99.1 Å². The second-order valence-corrected chi connectivity index (χ2v) is 12.4. The van der Waals surface area contributed by atoms with Crippen LogP contribution in [0.1, 0.15) is 36.4 Å². The minimum Gasteiger partial charge on any atom is -0.477 e. The predicted molar refractivity (Wildman–Crippen MR) is 149 cm³/mol. The van der Waals surface area contributed by atoms with Crippen molar-refractivity contribution in [1.29, 1.82) is 0 Å². The van der Waals surface area contributed by atoms with Crippen LogP contribution < -0.4 is 10.6 Å². The summed E-state index contributed by atoms with van der Waals surface area (Å²) in [5, 5.41) is 49.4. The van der Waals surface area contributed by atoms with Gasteiger partial charge in [0.15, 0.2) is 0 Å². The molecule has 1 aliphatic heterocycles. The van der Waals surface area contributed by atoms with Gasteiger partial charge in [-0.05, 0) is 41.5 Å². The van der Waals surface area contributed by atoms with Gasteiger partial charge in [-0.1, -0.05) is 13.0 Å². The Kier molecular flexibility index (Phi) is 11.7. The first-order valence-corrected chi connectivity index (χ1v) is 15.3. The SMILES string of the molecule is CCSCCCO[C@]1(C(=O)O)CC(O)[C@@H](NC(C)=O)[C@H]([C@H](O)[C@H](O)CNC(=O)c2ccc(-c3cccs3)s2)O1. The summed E-state index contributed by atoms with van der Waals surface area (Å²) < 4.78 is 11.3. The van der Waals surface area contributed by atoms with Crippen molar-refractivity contribution in [3.63, 3.8) is 0 Å². The largest absolute Gasteiger partial charge is 0.477 e. The fourth-order valence-corrected chi connectivity index (χ4v) is 6.50. The van der Waals surface area contributed by atoms with Crippen LogP contribution in [0.25, 0.3) is 9.75 Å². The zero-order valence-corrected chi connectivity index (χ0v) is 24.0. The molecular weight excluding hydrogens is 568 g/mol. The highest BCUT2D eigenvalue weighted by Gasteiger charge is 2.55. The standard InChI is InChI=1S/C25H34N2O9S3/c1-3-37-10-5-9-35-25(24(33)34)12-15(29)20(27-14(2)28)22(36-25)21(31)16(30)13-26-23(32)19-8-7-18(39-19)17-6-4-11-38-17/h4,6-8,11,15-16,20-22,29-31H,3,5,9-10,12-13H2,1-2H3,(H,26,32)(H,27,28)(H,33,34)/t15?,16-,20-,21-,22-,25-/m1/s1. The highest BCUT2D eigenvalue weighted by Crippen LogP contribution is 2.34. The van der Waals surface area contributed by atoms with Gasteiger partial charge in [0, 0.05) is 29.6 Å². The monoisotopic (exact) mass is 602 g/mol. The molecule has 0 aromatic carbocycles. The molecule has 2 aromatic heterocycles. The van der Waals surface area contributed by atoms with Crippen molar-refractivity contribution in [3.05, 3.63) is 34.5 Å². The van der Waals surface area contributed by atoms with Gasteiger partial charge in [0.2, 0.25) is 5.91 Å². The minimum atomic E-state index is -2.30. The quantitative estimate of drug-likeness (QED) is 0.174. The lowest BCUT2D eigenvalue weighted by molar-refractivity contribution is -0.310. The number of rotatable bonds is 14. The minimum absolute atomic E-state index is 0.0204. The van der Waals surface area contributed by atoms with E-state index >= 15 is 0 Å². The van der Waals surface area contributed by atoms with Crippen molar-refractivity contribution in [2.45, 2.75) is 62.9 Å². The third-order valence-corrected chi connectivity index (χ3v) is 9.17. The molecule has 6 atom stereocenters. The van der Waals surface area contributed by atoms with E-state index in [-0.39, 0.29) is 6.61 Å². The lowest BCUT2D eigenvalue weighted by Gasteiger charge is -2.46. The average Bonchev–Trinajstić information content (AvgIpc) is 3.60. The Balaban J connectivity index is 1.69. The molecule has 0 bridgehead atoms. The van der Waals surface area contributed by atoms with E-state index in [4.69, 9.17) is 9.47 Å². The van der Waals surface area contributed by atoms with E-state index < -0.39 is 67.0 Å². The fourth-order valence-electron chi connectivity index (χ4n) is 4.13. The Morgan fingerprint density at radius 2 is 2.03 bits per heavy atom. The third kappa shape index (κ3) is 8.24. The zero-order chi connectivity index (χ0) is 28.6. The maximum Gasteiger partial charge on any atom is 0.364 e. The molecule has 0 aliphatic carbocycles. The van der Waals surface area contributed by atoms with Gasteiger partial charge in [-0.25, -0.2) is 4.79 Å². The van der Waals surface area contributed by atoms with E-state index in [2.05, 4.69) is 10.6 Å². The van der Waals surface area contributed by atoms with E-state index in [0.717, 1.165) is 21.3 Å². The van der Waals surface area contributed by atoms with Crippen molar-refractivity contribution in [3.8, 4) is 9.75 Å². The van der Waals surface area contributed by atoms with Gasteiger partial charge in [-0.15, -0.1) is 22.7 Å². The van der Waals surface area contributed by atoms with Gasteiger partial charge in [0.25, 0.3) is 11.7 Å². The first-order valence-electron chi connectivity index (χ1n) is 12.4. The molecule has 2 amide bonds. The Hall–Kier alpha value is -2.04. The van der Waals surface area contributed by atoms with Gasteiger partial charge < -0.3 is 40.5 Å². The molecule has 1 unspecified atom stereocenters. The van der Waals surface area contributed by atoms with Crippen molar-refractivity contribution in [2.24, 2.45) is 0 Å². The number of carbonyl (C=O) groups excluding carboxylic acids is 2. The van der Waals surface area contributed by atoms with Crippen LogP contribution in [0.2, 0.25) is 0 Å². The van der Waals surface area contributed by atoms with Gasteiger partial charge in [-0.2, -0.15) is 11.8 Å².